The molecule has 0 aliphatic carbocycles. The van der Waals surface area contributed by atoms with Gasteiger partial charge in [-0.25, -0.2) is 0 Å². The second-order valence-corrected chi connectivity index (χ2v) is 27.3. The van der Waals surface area contributed by atoms with Crippen molar-refractivity contribution in [2.24, 2.45) is 4.99 Å². The van der Waals surface area contributed by atoms with E-state index in [0.29, 0.717) is 17.4 Å². The molecule has 293 valence electrons. The molecule has 0 bridgehead atoms. The Morgan fingerprint density at radius 2 is 1.43 bits per heavy atom. The predicted octanol–water partition coefficient (Wildman–Crippen LogP) is 14.0. The molecule has 1 unspecified atom stereocenters. The van der Waals surface area contributed by atoms with Crippen LogP contribution in [0.25, 0.3) is 44.3 Å². The number of hydrogen-bond acceptors (Lipinski definition) is 3. The first-order chi connectivity index (χ1) is 28.7. The summed E-state index contributed by atoms with van der Waals surface area (Å²) in [5, 5.41) is 2.23. The monoisotopic (exact) mass is 1000 g/mol. The van der Waals surface area contributed by atoms with E-state index in [1.807, 2.05) is 30.5 Å². The maximum atomic E-state index is 7.35. The number of furan rings is 1. The van der Waals surface area contributed by atoms with Gasteiger partial charge < -0.3 is 4.42 Å². The normalized spacial score (nSPS) is 14.6. The molecule has 1 atom stereocenters. The van der Waals surface area contributed by atoms with Crippen molar-refractivity contribution in [2.75, 3.05) is 0 Å². The Labute approximate surface area is 364 Å². The molecule has 6 aromatic carbocycles. The Kier molecular flexibility index (Phi) is 11.1. The largest absolute Gasteiger partial charge is 0 e. The molecule has 2 aromatic heterocycles. The van der Waals surface area contributed by atoms with Gasteiger partial charge in [0.05, 0.1) is 11.3 Å². The molecular formula is C53H50GeIrN2O-2. The van der Waals surface area contributed by atoms with E-state index in [9.17, 15) is 0 Å². The summed E-state index contributed by atoms with van der Waals surface area (Å²) in [6.45, 7) is 7.15. The average molecular weight is 999 g/mol. The van der Waals surface area contributed by atoms with Gasteiger partial charge in [0, 0.05) is 31.4 Å². The van der Waals surface area contributed by atoms with Crippen LogP contribution in [0.2, 0.25) is 17.3 Å². The fraction of sp³-hybridized carbons (Fsp3) is 0.208. The zero-order chi connectivity index (χ0) is 42.3. The molecule has 1 radical (unpaired) electrons. The van der Waals surface area contributed by atoms with Crippen molar-refractivity contribution < 1.29 is 28.6 Å². The number of hydrogen-bond donors (Lipinski definition) is 0. The van der Waals surface area contributed by atoms with Crippen molar-refractivity contribution in [3.05, 3.63) is 185 Å². The Bertz CT molecular complexity index is 2750. The Balaban J connectivity index is 0.000000226. The third kappa shape index (κ3) is 8.21. The van der Waals surface area contributed by atoms with Crippen LogP contribution in [-0.4, -0.2) is 24.0 Å². The van der Waals surface area contributed by atoms with Crippen molar-refractivity contribution in [2.45, 2.75) is 69.6 Å². The second kappa shape index (κ2) is 17.2. The number of nitrogens with zero attached hydrogens (tertiary/aromatic N) is 2. The van der Waals surface area contributed by atoms with Crippen LogP contribution in [0.4, 0.5) is 5.69 Å². The van der Waals surface area contributed by atoms with Crippen molar-refractivity contribution >= 4 is 51.0 Å². The molecule has 9 rings (SSSR count). The second-order valence-electron chi connectivity index (χ2n) is 16.6. The van der Waals surface area contributed by atoms with E-state index in [4.69, 9.17) is 13.5 Å². The van der Waals surface area contributed by atoms with Gasteiger partial charge in [0.25, 0.3) is 0 Å². The molecule has 0 spiro atoms. The summed E-state index contributed by atoms with van der Waals surface area (Å²) in [7, 11) is 0. The minimum absolute atomic E-state index is 0. The van der Waals surface area contributed by atoms with E-state index in [2.05, 4.69) is 153 Å². The first-order valence-corrected chi connectivity index (χ1v) is 27.3. The molecule has 58 heavy (non-hydrogen) atoms. The molecule has 3 nitrogen and oxygen atoms in total. The van der Waals surface area contributed by atoms with Gasteiger partial charge >= 0.3 is 110 Å². The van der Waals surface area contributed by atoms with Crippen LogP contribution in [-0.2, 0) is 20.1 Å². The number of pyridine rings is 1. The molecule has 0 amide bonds. The van der Waals surface area contributed by atoms with E-state index in [1.54, 1.807) is 12.1 Å². The van der Waals surface area contributed by atoms with Gasteiger partial charge in [0.1, 0.15) is 5.58 Å². The number of aliphatic imine (C=N–C) groups is 1. The number of aryl methyl sites for hydroxylation is 1. The molecule has 3 heterocycles. The predicted molar refractivity (Wildman–Crippen MR) is 243 cm³/mol. The third-order valence-electron chi connectivity index (χ3n) is 11.0. The third-order valence-corrected chi connectivity index (χ3v) is 15.2. The van der Waals surface area contributed by atoms with Crippen molar-refractivity contribution in [1.29, 1.82) is 0 Å². The summed E-state index contributed by atoms with van der Waals surface area (Å²) < 4.78 is 29.9. The summed E-state index contributed by atoms with van der Waals surface area (Å²) in [4.78, 5) is 9.79. The smallest absolute Gasteiger partial charge is 0 e. The van der Waals surface area contributed by atoms with Gasteiger partial charge in [-0.1, -0.05) is 118 Å². The molecule has 1 aliphatic rings. The number of benzene rings is 6. The summed E-state index contributed by atoms with van der Waals surface area (Å²) in [5.41, 5.74) is 14.6. The van der Waals surface area contributed by atoms with Crippen molar-refractivity contribution in [1.82, 2.24) is 4.98 Å². The molecule has 0 saturated carbocycles. The van der Waals surface area contributed by atoms with Gasteiger partial charge in [-0.15, -0.1) is 18.2 Å². The van der Waals surface area contributed by atoms with Crippen molar-refractivity contribution in [3.8, 4) is 22.4 Å². The number of para-hydroxylation sites is 2. The van der Waals surface area contributed by atoms with Crippen LogP contribution in [0.3, 0.4) is 0 Å². The Morgan fingerprint density at radius 3 is 2.09 bits per heavy atom. The topological polar surface area (TPSA) is 38.4 Å². The van der Waals surface area contributed by atoms with E-state index in [1.165, 1.54) is 43.8 Å². The maximum absolute atomic E-state index is 7.35. The molecular weight excluding hydrogens is 945 g/mol. The van der Waals surface area contributed by atoms with Crippen LogP contribution in [0.1, 0.15) is 82.9 Å². The summed E-state index contributed by atoms with van der Waals surface area (Å²) in [5.74, 6) is 7.66. The van der Waals surface area contributed by atoms with Crippen LogP contribution in [0.15, 0.2) is 149 Å². The fourth-order valence-corrected chi connectivity index (χ4v) is 10.1. The number of aromatic nitrogens is 1. The molecule has 5 heteroatoms. The molecule has 0 saturated heterocycles. The van der Waals surface area contributed by atoms with Gasteiger partial charge in [-0.05, 0) is 63.1 Å². The van der Waals surface area contributed by atoms with Crippen molar-refractivity contribution in [3.63, 3.8) is 0 Å². The van der Waals surface area contributed by atoms with E-state index < -0.39 is 20.1 Å². The van der Waals surface area contributed by atoms with E-state index in [0.717, 1.165) is 50.2 Å². The van der Waals surface area contributed by atoms with Crippen LogP contribution in [0, 0.1) is 19.0 Å². The first kappa shape index (κ1) is 37.4. The van der Waals surface area contributed by atoms with E-state index >= 15 is 0 Å². The number of rotatable bonds is 7. The van der Waals surface area contributed by atoms with Crippen LogP contribution in [0.5, 0.6) is 0 Å². The standard InChI is InChI=1S/C38H32NO.C15H18GeN.Ir/c1-23(2)31-21-26(25-13-6-5-7-14-25)22-32(24(3)4)35(31)36-29-16-8-10-19-33(29)39-37(36)30-18-12-17-28-27-15-9-11-20-34(27)40-38(28)30;1-12-5-7-13(8-6-12)15-10-9-14(11-17-15)16(2,3)4;/h5-17,19-24,36H,1-4H3;5-7,9-11H,1-4H3;/q2*-1;/i;1D3;. The quantitative estimate of drug-likeness (QED) is 0.118. The van der Waals surface area contributed by atoms with Gasteiger partial charge in [0.15, 0.2) is 0 Å². The SMILES string of the molecule is CC(C)c1cc(-c2ccccc2)cc(C(C)C)c1C1C(c2[c-]ccc3c2oc2ccccc23)=Nc2ccccc21.[2H]C([2H])([2H])c1c[c-]c(-c2cc[c]([Ge]([CH3])([CH3])[CH3])cn2)cc1.[Ir]. The minimum Gasteiger partial charge on any atom is 0 e. The average Bonchev–Trinajstić information content (AvgIpc) is 3.82. The fourth-order valence-electron chi connectivity index (χ4n) is 7.91. The summed E-state index contributed by atoms with van der Waals surface area (Å²) in [6.07, 6.45) is 1.95. The zero-order valence-electron chi connectivity index (χ0n) is 37.1. The summed E-state index contributed by atoms with van der Waals surface area (Å²) in [6, 6.07) is 52.1. The van der Waals surface area contributed by atoms with E-state index in [-0.39, 0.29) is 26.0 Å². The Morgan fingerprint density at radius 1 is 0.724 bits per heavy atom. The van der Waals surface area contributed by atoms with Crippen LogP contribution < -0.4 is 4.40 Å². The number of fused-ring (bicyclic) bond motifs is 4. The minimum atomic E-state index is -2.08. The van der Waals surface area contributed by atoms with Gasteiger partial charge in [0.2, 0.25) is 0 Å². The van der Waals surface area contributed by atoms with Gasteiger partial charge in [-0.2, -0.15) is 0 Å². The molecule has 0 N–H and O–H groups in total. The first-order valence-electron chi connectivity index (χ1n) is 21.4. The zero-order valence-corrected chi connectivity index (χ0v) is 38.6. The maximum Gasteiger partial charge on any atom is 0 e. The molecule has 1 aliphatic heterocycles. The Hall–Kier alpha value is -4.87. The van der Waals surface area contributed by atoms with Crippen LogP contribution >= 0.6 is 0 Å². The molecule has 0 fully saturated rings. The van der Waals surface area contributed by atoms with Gasteiger partial charge in [-0.3, -0.25) is 4.99 Å². The molecule has 8 aromatic rings. The summed E-state index contributed by atoms with van der Waals surface area (Å²) >= 11 is -1.83.